The fourth-order valence-corrected chi connectivity index (χ4v) is 2.09. The largest absolute Gasteiger partial charge is 0.463 e. The average molecular weight is 285 g/mol. The molecule has 0 aromatic carbocycles. The van der Waals surface area contributed by atoms with Crippen LogP contribution in [0.15, 0.2) is 16.5 Å². The van der Waals surface area contributed by atoms with Gasteiger partial charge in [-0.2, -0.15) is 5.10 Å². The lowest BCUT2D eigenvalue weighted by Gasteiger charge is -2.07. The number of hydrogen-bond acceptors (Lipinski definition) is 5. The standard InChI is InChI=1S/C12H13ClN2O4/c1-6-9(11(13)15(2)14-6)10(16)7-4-5-8(19-7)12(17)18-3/h4-5,10,16H,1-3H3. The number of methoxy groups -OCH3 is 1. The van der Waals surface area contributed by atoms with E-state index in [1.165, 1.54) is 23.9 Å². The fourth-order valence-electron chi connectivity index (χ4n) is 1.81. The predicted molar refractivity (Wildman–Crippen MR) is 67.1 cm³/mol. The van der Waals surface area contributed by atoms with E-state index < -0.39 is 12.1 Å². The Bertz CT molecular complexity index is 617. The second kappa shape index (κ2) is 5.07. The second-order valence-corrected chi connectivity index (χ2v) is 4.37. The number of furan rings is 1. The number of hydrogen-bond donors (Lipinski definition) is 1. The maximum Gasteiger partial charge on any atom is 0.373 e. The van der Waals surface area contributed by atoms with Crippen LogP contribution in [0.4, 0.5) is 0 Å². The van der Waals surface area contributed by atoms with Crippen molar-refractivity contribution in [3.05, 3.63) is 40.1 Å². The molecule has 0 amide bonds. The number of ether oxygens (including phenoxy) is 1. The highest BCUT2D eigenvalue weighted by atomic mass is 35.5. The number of halogens is 1. The highest BCUT2D eigenvalue weighted by Gasteiger charge is 2.24. The maximum absolute atomic E-state index is 11.3. The van der Waals surface area contributed by atoms with Crippen LogP contribution in [0.5, 0.6) is 0 Å². The van der Waals surface area contributed by atoms with E-state index in [0.29, 0.717) is 16.4 Å². The molecule has 1 N–H and O–H groups in total. The summed E-state index contributed by atoms with van der Waals surface area (Å²) in [4.78, 5) is 11.3. The molecule has 0 saturated carbocycles. The molecule has 2 heterocycles. The van der Waals surface area contributed by atoms with E-state index in [4.69, 9.17) is 16.0 Å². The minimum absolute atomic E-state index is 0.0224. The quantitative estimate of drug-likeness (QED) is 0.870. The van der Waals surface area contributed by atoms with Gasteiger partial charge in [0.2, 0.25) is 5.76 Å². The predicted octanol–water partition coefficient (Wildman–Crippen LogP) is 1.84. The van der Waals surface area contributed by atoms with Crippen LogP contribution in [0.1, 0.15) is 33.7 Å². The van der Waals surface area contributed by atoms with Gasteiger partial charge in [0.1, 0.15) is 17.0 Å². The summed E-state index contributed by atoms with van der Waals surface area (Å²) >= 11 is 6.06. The molecule has 0 fully saturated rings. The number of carbonyl (C=O) groups excluding carboxylic acids is 1. The molecule has 0 radical (unpaired) electrons. The smallest absolute Gasteiger partial charge is 0.373 e. The molecule has 0 saturated heterocycles. The number of rotatable bonds is 3. The Morgan fingerprint density at radius 3 is 2.79 bits per heavy atom. The van der Waals surface area contributed by atoms with Gasteiger partial charge in [0.15, 0.2) is 0 Å². The van der Waals surface area contributed by atoms with E-state index in [0.717, 1.165) is 0 Å². The van der Waals surface area contributed by atoms with Crippen LogP contribution in [0.2, 0.25) is 5.15 Å². The van der Waals surface area contributed by atoms with Gasteiger partial charge in [-0.3, -0.25) is 4.68 Å². The number of carbonyl (C=O) groups is 1. The summed E-state index contributed by atoms with van der Waals surface area (Å²) in [6.07, 6.45) is -1.08. The molecule has 0 aliphatic heterocycles. The van der Waals surface area contributed by atoms with Gasteiger partial charge in [0, 0.05) is 12.6 Å². The third-order valence-corrected chi connectivity index (χ3v) is 3.20. The van der Waals surface area contributed by atoms with Gasteiger partial charge in [-0.15, -0.1) is 0 Å². The number of aliphatic hydroxyl groups is 1. The van der Waals surface area contributed by atoms with Crippen molar-refractivity contribution in [2.24, 2.45) is 7.05 Å². The van der Waals surface area contributed by atoms with Gasteiger partial charge in [0.25, 0.3) is 0 Å². The minimum Gasteiger partial charge on any atom is -0.463 e. The van der Waals surface area contributed by atoms with Gasteiger partial charge < -0.3 is 14.3 Å². The van der Waals surface area contributed by atoms with Crippen LogP contribution in [0, 0.1) is 6.92 Å². The van der Waals surface area contributed by atoms with Gasteiger partial charge in [-0.05, 0) is 19.1 Å². The number of aromatic nitrogens is 2. The van der Waals surface area contributed by atoms with E-state index >= 15 is 0 Å². The highest BCUT2D eigenvalue weighted by Crippen LogP contribution is 2.31. The van der Waals surface area contributed by atoms with Crippen LogP contribution in [-0.2, 0) is 11.8 Å². The molecule has 2 aromatic heterocycles. The number of esters is 1. The summed E-state index contributed by atoms with van der Waals surface area (Å²) in [5.41, 5.74) is 1.05. The van der Waals surface area contributed by atoms with Gasteiger partial charge in [0.05, 0.1) is 12.8 Å². The van der Waals surface area contributed by atoms with Crippen molar-refractivity contribution >= 4 is 17.6 Å². The Morgan fingerprint density at radius 1 is 1.58 bits per heavy atom. The van der Waals surface area contributed by atoms with Gasteiger partial charge in [-0.1, -0.05) is 11.6 Å². The van der Waals surface area contributed by atoms with E-state index in [1.807, 2.05) is 0 Å². The molecule has 7 heteroatoms. The lowest BCUT2D eigenvalue weighted by atomic mass is 10.1. The van der Waals surface area contributed by atoms with Crippen LogP contribution >= 0.6 is 11.6 Å². The van der Waals surface area contributed by atoms with Crippen molar-refractivity contribution in [3.8, 4) is 0 Å². The van der Waals surface area contributed by atoms with Crippen LogP contribution in [-0.4, -0.2) is 28.0 Å². The maximum atomic E-state index is 11.3. The van der Waals surface area contributed by atoms with E-state index in [-0.39, 0.29) is 11.5 Å². The summed E-state index contributed by atoms with van der Waals surface area (Å²) in [6, 6.07) is 2.93. The summed E-state index contributed by atoms with van der Waals surface area (Å²) < 4.78 is 11.2. The fraction of sp³-hybridized carbons (Fsp3) is 0.333. The SMILES string of the molecule is COC(=O)c1ccc(C(O)c2c(C)nn(C)c2Cl)o1. The van der Waals surface area contributed by atoms with Crippen molar-refractivity contribution in [1.29, 1.82) is 0 Å². The van der Waals surface area contributed by atoms with Crippen LogP contribution in [0.25, 0.3) is 0 Å². The first-order valence-corrected chi connectivity index (χ1v) is 5.88. The third kappa shape index (κ3) is 2.36. The lowest BCUT2D eigenvalue weighted by molar-refractivity contribution is 0.0558. The number of nitrogens with zero attached hydrogens (tertiary/aromatic N) is 2. The summed E-state index contributed by atoms with van der Waals surface area (Å²) in [6.45, 7) is 1.73. The van der Waals surface area contributed by atoms with Crippen LogP contribution in [0.3, 0.4) is 0 Å². The third-order valence-electron chi connectivity index (χ3n) is 2.75. The second-order valence-electron chi connectivity index (χ2n) is 4.01. The van der Waals surface area contributed by atoms with Crippen molar-refractivity contribution in [2.45, 2.75) is 13.0 Å². The first kappa shape index (κ1) is 13.6. The molecule has 6 nitrogen and oxygen atoms in total. The topological polar surface area (TPSA) is 77.5 Å². The number of aliphatic hydroxyl groups excluding tert-OH is 1. The van der Waals surface area contributed by atoms with E-state index in [1.54, 1.807) is 14.0 Å². The zero-order chi connectivity index (χ0) is 14.2. The molecule has 0 aliphatic carbocycles. The van der Waals surface area contributed by atoms with Gasteiger partial charge in [-0.25, -0.2) is 4.79 Å². The minimum atomic E-state index is -1.08. The number of aryl methyl sites for hydroxylation is 2. The van der Waals surface area contributed by atoms with Crippen molar-refractivity contribution in [2.75, 3.05) is 7.11 Å². The van der Waals surface area contributed by atoms with Crippen molar-refractivity contribution < 1.29 is 19.1 Å². The summed E-state index contributed by atoms with van der Waals surface area (Å²) in [5, 5.41) is 14.7. The molecule has 1 atom stereocenters. The average Bonchev–Trinajstić information content (AvgIpc) is 2.95. The molecule has 0 aliphatic rings. The molecule has 2 rings (SSSR count). The molecule has 0 bridgehead atoms. The first-order chi connectivity index (χ1) is 8.95. The summed E-state index contributed by atoms with van der Waals surface area (Å²) in [5.74, 6) is -0.375. The van der Waals surface area contributed by atoms with Crippen LogP contribution < -0.4 is 0 Å². The Morgan fingerprint density at radius 2 is 2.26 bits per heavy atom. The monoisotopic (exact) mass is 284 g/mol. The van der Waals surface area contributed by atoms with Gasteiger partial charge >= 0.3 is 5.97 Å². The van der Waals surface area contributed by atoms with Crippen molar-refractivity contribution in [3.63, 3.8) is 0 Å². The normalized spacial score (nSPS) is 12.5. The zero-order valence-corrected chi connectivity index (χ0v) is 11.4. The zero-order valence-electron chi connectivity index (χ0n) is 10.7. The Balaban J connectivity index is 2.36. The van der Waals surface area contributed by atoms with E-state index in [2.05, 4.69) is 9.84 Å². The Kier molecular flexibility index (Phi) is 3.64. The molecule has 0 spiro atoms. The molecular formula is C12H13ClN2O4. The Hall–Kier alpha value is -1.79. The van der Waals surface area contributed by atoms with E-state index in [9.17, 15) is 9.90 Å². The van der Waals surface area contributed by atoms with Crippen molar-refractivity contribution in [1.82, 2.24) is 9.78 Å². The molecular weight excluding hydrogens is 272 g/mol. The molecule has 2 aromatic rings. The molecule has 102 valence electrons. The Labute approximate surface area is 114 Å². The lowest BCUT2D eigenvalue weighted by Crippen LogP contribution is -2.01. The molecule has 1 unspecified atom stereocenters. The highest BCUT2D eigenvalue weighted by molar-refractivity contribution is 6.30. The summed E-state index contributed by atoms with van der Waals surface area (Å²) in [7, 11) is 2.93. The molecule has 19 heavy (non-hydrogen) atoms. The first-order valence-electron chi connectivity index (χ1n) is 5.50.